The van der Waals surface area contributed by atoms with Crippen molar-refractivity contribution in [1.29, 1.82) is 0 Å². The first-order valence-electron chi connectivity index (χ1n) is 5.06. The molecule has 2 radical (unpaired) electrons. The van der Waals surface area contributed by atoms with Crippen LogP contribution in [0, 0.1) is 0 Å². The van der Waals surface area contributed by atoms with Gasteiger partial charge in [-0.25, -0.2) is 0 Å². The summed E-state index contributed by atoms with van der Waals surface area (Å²) in [5.41, 5.74) is 0. The van der Waals surface area contributed by atoms with Gasteiger partial charge in [-0.05, 0) is 0 Å². The van der Waals surface area contributed by atoms with Crippen LogP contribution in [0.15, 0.2) is 0 Å². The van der Waals surface area contributed by atoms with E-state index in [9.17, 15) is 9.59 Å². The van der Waals surface area contributed by atoms with E-state index in [1.807, 2.05) is 0 Å². The molecule has 0 unspecified atom stereocenters. The third-order valence-electron chi connectivity index (χ3n) is 2.03. The number of carbonyl (C=O) groups is 2. The number of rotatable bonds is 6. The van der Waals surface area contributed by atoms with Crippen LogP contribution in [0.2, 0.25) is 8.87 Å². The van der Waals surface area contributed by atoms with E-state index in [0.717, 1.165) is 8.87 Å². The molecule has 0 fully saturated rings. The van der Waals surface area contributed by atoms with E-state index in [2.05, 4.69) is 0 Å². The molecular formula is C10H20N2O2Sn. The average molecular weight is 319 g/mol. The number of amides is 2. The maximum atomic E-state index is 11.2. The van der Waals surface area contributed by atoms with Gasteiger partial charge >= 0.3 is 102 Å². The van der Waals surface area contributed by atoms with Crippen LogP contribution in [0.4, 0.5) is 0 Å². The zero-order chi connectivity index (χ0) is 11.8. The molecule has 0 saturated carbocycles. The van der Waals surface area contributed by atoms with Crippen LogP contribution in [0.3, 0.4) is 0 Å². The molecule has 0 aliphatic heterocycles. The standard InChI is InChI=1S/2C5H10NO.Sn/c2*1-4-5(7)6(2)3;/h2*1,4H2,2-3H3;. The van der Waals surface area contributed by atoms with Gasteiger partial charge in [-0.1, -0.05) is 0 Å². The van der Waals surface area contributed by atoms with Crippen molar-refractivity contribution in [2.24, 2.45) is 0 Å². The van der Waals surface area contributed by atoms with Gasteiger partial charge in [-0.15, -0.1) is 0 Å². The minimum absolute atomic E-state index is 0.204. The van der Waals surface area contributed by atoms with Crippen LogP contribution in [-0.4, -0.2) is 70.9 Å². The van der Waals surface area contributed by atoms with Crippen LogP contribution in [-0.2, 0) is 9.59 Å². The number of carbonyl (C=O) groups excluding carboxylic acids is 2. The Morgan fingerprint density at radius 2 is 1.20 bits per heavy atom. The van der Waals surface area contributed by atoms with E-state index in [1.165, 1.54) is 0 Å². The topological polar surface area (TPSA) is 40.6 Å². The van der Waals surface area contributed by atoms with Crippen molar-refractivity contribution in [1.82, 2.24) is 9.80 Å². The Kier molecular flexibility index (Phi) is 7.82. The fourth-order valence-electron chi connectivity index (χ4n) is 0.963. The van der Waals surface area contributed by atoms with Gasteiger partial charge in [0.25, 0.3) is 0 Å². The summed E-state index contributed by atoms with van der Waals surface area (Å²) in [5.74, 6) is 0.407. The van der Waals surface area contributed by atoms with Crippen LogP contribution in [0.25, 0.3) is 0 Å². The van der Waals surface area contributed by atoms with Crippen molar-refractivity contribution < 1.29 is 9.59 Å². The molecule has 0 saturated heterocycles. The molecule has 0 atom stereocenters. The Labute approximate surface area is 102 Å². The molecule has 0 spiro atoms. The third-order valence-corrected chi connectivity index (χ3v) is 5.47. The van der Waals surface area contributed by atoms with E-state index in [-0.39, 0.29) is 11.8 Å². The second-order valence-corrected chi connectivity index (χ2v) is 8.11. The molecule has 0 aromatic heterocycles. The normalized spacial score (nSPS) is 9.87. The summed E-state index contributed by atoms with van der Waals surface area (Å²) in [6, 6.07) is 0. The summed E-state index contributed by atoms with van der Waals surface area (Å²) in [6.07, 6.45) is 1.32. The molecule has 0 aromatic rings. The molecule has 2 amide bonds. The van der Waals surface area contributed by atoms with Gasteiger partial charge in [0, 0.05) is 0 Å². The predicted octanol–water partition coefficient (Wildman–Crippen LogP) is 0.484. The zero-order valence-electron chi connectivity index (χ0n) is 10.0. The fraction of sp³-hybridized carbons (Fsp3) is 0.800. The van der Waals surface area contributed by atoms with E-state index in [0.29, 0.717) is 12.8 Å². The Morgan fingerprint density at radius 3 is 1.47 bits per heavy atom. The first-order valence-corrected chi connectivity index (χ1v) is 9.09. The monoisotopic (exact) mass is 320 g/mol. The number of nitrogens with zero attached hydrogens (tertiary/aromatic N) is 2. The first-order chi connectivity index (χ1) is 6.95. The van der Waals surface area contributed by atoms with Gasteiger partial charge in [0.1, 0.15) is 0 Å². The van der Waals surface area contributed by atoms with Crippen molar-refractivity contribution in [2.45, 2.75) is 21.7 Å². The van der Waals surface area contributed by atoms with Crippen molar-refractivity contribution in [3.63, 3.8) is 0 Å². The SMILES string of the molecule is CN(C)C(=O)C[CH2][Sn][CH2]CC(=O)N(C)C. The Hall–Kier alpha value is -0.261. The Bertz CT molecular complexity index is 195. The van der Waals surface area contributed by atoms with Crippen molar-refractivity contribution in [3.8, 4) is 0 Å². The molecule has 0 bridgehead atoms. The molecule has 0 aliphatic carbocycles. The molecule has 0 N–H and O–H groups in total. The van der Waals surface area contributed by atoms with Crippen molar-refractivity contribution in [3.05, 3.63) is 0 Å². The van der Waals surface area contributed by atoms with Crippen molar-refractivity contribution >= 4 is 33.0 Å². The molecular weight excluding hydrogens is 299 g/mol. The van der Waals surface area contributed by atoms with E-state index < -0.39 is 21.1 Å². The van der Waals surface area contributed by atoms with Gasteiger partial charge in [0.05, 0.1) is 0 Å². The molecule has 0 rings (SSSR count). The number of hydrogen-bond acceptors (Lipinski definition) is 2. The average Bonchev–Trinajstić information content (AvgIpc) is 2.16. The van der Waals surface area contributed by atoms with Crippen molar-refractivity contribution in [2.75, 3.05) is 28.2 Å². The Morgan fingerprint density at radius 1 is 0.867 bits per heavy atom. The molecule has 0 aromatic carbocycles. The van der Waals surface area contributed by atoms with Crippen LogP contribution in [0.5, 0.6) is 0 Å². The summed E-state index contributed by atoms with van der Waals surface area (Å²) in [4.78, 5) is 25.7. The first kappa shape index (κ1) is 14.7. The van der Waals surface area contributed by atoms with Gasteiger partial charge in [-0.2, -0.15) is 0 Å². The minimum atomic E-state index is -0.497. The van der Waals surface area contributed by atoms with E-state index >= 15 is 0 Å². The zero-order valence-corrected chi connectivity index (χ0v) is 12.9. The molecule has 4 nitrogen and oxygen atoms in total. The van der Waals surface area contributed by atoms with E-state index in [4.69, 9.17) is 0 Å². The van der Waals surface area contributed by atoms with Gasteiger partial charge in [0.15, 0.2) is 0 Å². The van der Waals surface area contributed by atoms with Crippen LogP contribution < -0.4 is 0 Å². The predicted molar refractivity (Wildman–Crippen MR) is 62.0 cm³/mol. The summed E-state index contributed by atoms with van der Waals surface area (Å²) >= 11 is -0.497. The van der Waals surface area contributed by atoms with E-state index in [1.54, 1.807) is 38.0 Å². The Balaban J connectivity index is 3.40. The van der Waals surface area contributed by atoms with Gasteiger partial charge in [0.2, 0.25) is 0 Å². The maximum absolute atomic E-state index is 11.2. The molecule has 86 valence electrons. The fourth-order valence-corrected chi connectivity index (χ4v) is 3.91. The second kappa shape index (κ2) is 7.96. The van der Waals surface area contributed by atoms with Gasteiger partial charge in [-0.3, -0.25) is 0 Å². The van der Waals surface area contributed by atoms with Gasteiger partial charge < -0.3 is 0 Å². The second-order valence-electron chi connectivity index (χ2n) is 3.83. The summed E-state index contributed by atoms with van der Waals surface area (Å²) < 4.78 is 2.09. The van der Waals surface area contributed by atoms with Crippen LogP contribution >= 0.6 is 0 Å². The molecule has 15 heavy (non-hydrogen) atoms. The summed E-state index contributed by atoms with van der Waals surface area (Å²) in [6.45, 7) is 0. The summed E-state index contributed by atoms with van der Waals surface area (Å²) in [7, 11) is 7.12. The molecule has 0 heterocycles. The summed E-state index contributed by atoms with van der Waals surface area (Å²) in [5, 5.41) is 0. The quantitative estimate of drug-likeness (QED) is 0.528. The number of hydrogen-bond donors (Lipinski definition) is 0. The third kappa shape index (κ3) is 7.64. The molecule has 0 aliphatic rings. The molecule has 5 heteroatoms. The van der Waals surface area contributed by atoms with Crippen LogP contribution in [0.1, 0.15) is 12.8 Å².